The minimum atomic E-state index is 0.00793. The number of amides is 1. The number of benzene rings is 1. The molecule has 0 fully saturated rings. The number of fused-ring (bicyclic) bond motifs is 1. The molecule has 1 aliphatic heterocycles. The van der Waals surface area contributed by atoms with Crippen LogP contribution in [0.15, 0.2) is 42.9 Å². The van der Waals surface area contributed by atoms with Crippen molar-refractivity contribution in [3.8, 4) is 0 Å². The first-order valence-corrected chi connectivity index (χ1v) is 6.18. The molecule has 0 spiro atoms. The van der Waals surface area contributed by atoms with E-state index in [1.54, 1.807) is 0 Å². The summed E-state index contributed by atoms with van der Waals surface area (Å²) < 4.78 is 2.14. The molecule has 1 atom stereocenters. The van der Waals surface area contributed by atoms with E-state index in [1.807, 2.05) is 42.9 Å². The number of carbonyl (C=O) groups is 1. The Labute approximate surface area is 106 Å². The molecule has 4 heteroatoms. The SMILES string of the molecule is O=C(NC1CCn2cncc2C1)c1ccccc1. The molecule has 2 aromatic rings. The highest BCUT2D eigenvalue weighted by Gasteiger charge is 2.20. The van der Waals surface area contributed by atoms with E-state index in [1.165, 1.54) is 5.69 Å². The predicted molar refractivity (Wildman–Crippen MR) is 68.2 cm³/mol. The summed E-state index contributed by atoms with van der Waals surface area (Å²) >= 11 is 0. The Hall–Kier alpha value is -2.10. The largest absolute Gasteiger partial charge is 0.349 e. The first-order chi connectivity index (χ1) is 8.83. The van der Waals surface area contributed by atoms with E-state index in [0.29, 0.717) is 0 Å². The second-order valence-corrected chi connectivity index (χ2v) is 4.61. The molecule has 1 aromatic heterocycles. The van der Waals surface area contributed by atoms with Crippen LogP contribution in [-0.4, -0.2) is 21.5 Å². The van der Waals surface area contributed by atoms with E-state index < -0.39 is 0 Å². The fourth-order valence-electron chi connectivity index (χ4n) is 2.35. The molecule has 3 rings (SSSR count). The molecule has 2 heterocycles. The minimum absolute atomic E-state index is 0.00793. The van der Waals surface area contributed by atoms with E-state index in [9.17, 15) is 4.79 Å². The van der Waals surface area contributed by atoms with Gasteiger partial charge >= 0.3 is 0 Å². The molecule has 1 N–H and O–H groups in total. The molecule has 1 unspecified atom stereocenters. The molecule has 18 heavy (non-hydrogen) atoms. The Morgan fingerprint density at radius 1 is 1.33 bits per heavy atom. The fourth-order valence-corrected chi connectivity index (χ4v) is 2.35. The second kappa shape index (κ2) is 4.64. The normalized spacial score (nSPS) is 18.1. The topological polar surface area (TPSA) is 46.9 Å². The molecule has 1 amide bonds. The van der Waals surface area contributed by atoms with Crippen molar-refractivity contribution in [3.05, 3.63) is 54.1 Å². The third-order valence-electron chi connectivity index (χ3n) is 3.34. The number of aryl methyl sites for hydroxylation is 1. The van der Waals surface area contributed by atoms with Gasteiger partial charge in [0.15, 0.2) is 0 Å². The molecule has 92 valence electrons. The summed E-state index contributed by atoms with van der Waals surface area (Å²) in [5.74, 6) is 0.00793. The van der Waals surface area contributed by atoms with Gasteiger partial charge in [0.2, 0.25) is 0 Å². The van der Waals surface area contributed by atoms with Crippen LogP contribution in [0.2, 0.25) is 0 Å². The summed E-state index contributed by atoms with van der Waals surface area (Å²) in [6.45, 7) is 0.926. The summed E-state index contributed by atoms with van der Waals surface area (Å²) in [4.78, 5) is 16.2. The Bertz CT molecular complexity index is 547. The third kappa shape index (κ3) is 2.14. The van der Waals surface area contributed by atoms with Crippen LogP contribution in [0.4, 0.5) is 0 Å². The molecule has 1 aliphatic rings. The van der Waals surface area contributed by atoms with Gasteiger partial charge < -0.3 is 9.88 Å². The maximum atomic E-state index is 12.0. The molecular formula is C14H15N3O. The van der Waals surface area contributed by atoms with Gasteiger partial charge in [0, 0.05) is 36.5 Å². The summed E-state index contributed by atoms with van der Waals surface area (Å²) in [6, 6.07) is 9.55. The smallest absolute Gasteiger partial charge is 0.251 e. The molecule has 1 aromatic carbocycles. The van der Waals surface area contributed by atoms with E-state index in [4.69, 9.17) is 0 Å². The van der Waals surface area contributed by atoms with Crippen LogP contribution in [0.3, 0.4) is 0 Å². The number of rotatable bonds is 2. The molecule has 0 aliphatic carbocycles. The number of aromatic nitrogens is 2. The lowest BCUT2D eigenvalue weighted by molar-refractivity contribution is 0.0931. The zero-order valence-electron chi connectivity index (χ0n) is 10.0. The van der Waals surface area contributed by atoms with Gasteiger partial charge in [-0.05, 0) is 18.6 Å². The summed E-state index contributed by atoms with van der Waals surface area (Å²) in [7, 11) is 0. The Balaban J connectivity index is 1.67. The molecule has 4 nitrogen and oxygen atoms in total. The maximum Gasteiger partial charge on any atom is 0.251 e. The van der Waals surface area contributed by atoms with E-state index in [-0.39, 0.29) is 11.9 Å². The first-order valence-electron chi connectivity index (χ1n) is 6.18. The Morgan fingerprint density at radius 3 is 3.00 bits per heavy atom. The fraction of sp³-hybridized carbons (Fsp3) is 0.286. The first kappa shape index (κ1) is 11.0. The zero-order chi connectivity index (χ0) is 12.4. The summed E-state index contributed by atoms with van der Waals surface area (Å²) in [5, 5.41) is 3.09. The van der Waals surface area contributed by atoms with Gasteiger partial charge in [0.1, 0.15) is 0 Å². The number of nitrogens with zero attached hydrogens (tertiary/aromatic N) is 2. The van der Waals surface area contributed by atoms with Gasteiger partial charge in [0.25, 0.3) is 5.91 Å². The number of nitrogens with one attached hydrogen (secondary N) is 1. The van der Waals surface area contributed by atoms with Crippen molar-refractivity contribution in [2.75, 3.05) is 0 Å². The average Bonchev–Trinajstić information content (AvgIpc) is 2.87. The van der Waals surface area contributed by atoms with E-state index >= 15 is 0 Å². The molecule has 0 bridgehead atoms. The number of carbonyl (C=O) groups excluding carboxylic acids is 1. The van der Waals surface area contributed by atoms with Crippen molar-refractivity contribution >= 4 is 5.91 Å². The van der Waals surface area contributed by atoms with Crippen LogP contribution in [0.5, 0.6) is 0 Å². The standard InChI is InChI=1S/C14H15N3O/c18-14(11-4-2-1-3-5-11)16-12-6-7-17-10-15-9-13(17)8-12/h1-5,9-10,12H,6-8H2,(H,16,18). The van der Waals surface area contributed by atoms with Crippen molar-refractivity contribution < 1.29 is 4.79 Å². The van der Waals surface area contributed by atoms with Crippen molar-refractivity contribution in [3.63, 3.8) is 0 Å². The van der Waals surface area contributed by atoms with Crippen LogP contribution in [0.1, 0.15) is 22.5 Å². The quantitative estimate of drug-likeness (QED) is 0.868. The third-order valence-corrected chi connectivity index (χ3v) is 3.34. The van der Waals surface area contributed by atoms with E-state index in [0.717, 1.165) is 24.9 Å². The molecular weight excluding hydrogens is 226 g/mol. The minimum Gasteiger partial charge on any atom is -0.349 e. The lowest BCUT2D eigenvalue weighted by atomic mass is 10.0. The van der Waals surface area contributed by atoms with Crippen LogP contribution in [-0.2, 0) is 13.0 Å². The van der Waals surface area contributed by atoms with Crippen LogP contribution < -0.4 is 5.32 Å². The van der Waals surface area contributed by atoms with E-state index in [2.05, 4.69) is 14.9 Å². The number of hydrogen-bond acceptors (Lipinski definition) is 2. The van der Waals surface area contributed by atoms with Gasteiger partial charge in [-0.25, -0.2) is 4.98 Å². The lowest BCUT2D eigenvalue weighted by Gasteiger charge is -2.24. The van der Waals surface area contributed by atoms with Crippen molar-refractivity contribution in [2.45, 2.75) is 25.4 Å². The number of hydrogen-bond donors (Lipinski definition) is 1. The molecule has 0 radical (unpaired) electrons. The Kier molecular flexibility index (Phi) is 2.84. The van der Waals surface area contributed by atoms with Crippen molar-refractivity contribution in [1.82, 2.24) is 14.9 Å². The average molecular weight is 241 g/mol. The van der Waals surface area contributed by atoms with Crippen LogP contribution in [0, 0.1) is 0 Å². The maximum absolute atomic E-state index is 12.0. The highest BCUT2D eigenvalue weighted by atomic mass is 16.1. The Morgan fingerprint density at radius 2 is 2.17 bits per heavy atom. The highest BCUT2D eigenvalue weighted by molar-refractivity contribution is 5.94. The van der Waals surface area contributed by atoms with Crippen LogP contribution in [0.25, 0.3) is 0 Å². The second-order valence-electron chi connectivity index (χ2n) is 4.61. The van der Waals surface area contributed by atoms with Crippen molar-refractivity contribution in [1.29, 1.82) is 0 Å². The zero-order valence-corrected chi connectivity index (χ0v) is 10.0. The highest BCUT2D eigenvalue weighted by Crippen LogP contribution is 2.14. The number of imidazole rings is 1. The van der Waals surface area contributed by atoms with Crippen LogP contribution >= 0.6 is 0 Å². The van der Waals surface area contributed by atoms with Gasteiger partial charge in [-0.3, -0.25) is 4.79 Å². The monoisotopic (exact) mass is 241 g/mol. The molecule has 0 saturated heterocycles. The van der Waals surface area contributed by atoms with Gasteiger partial charge in [-0.2, -0.15) is 0 Å². The van der Waals surface area contributed by atoms with Gasteiger partial charge in [-0.15, -0.1) is 0 Å². The van der Waals surface area contributed by atoms with Gasteiger partial charge in [-0.1, -0.05) is 18.2 Å². The van der Waals surface area contributed by atoms with Crippen molar-refractivity contribution in [2.24, 2.45) is 0 Å². The lowest BCUT2D eigenvalue weighted by Crippen LogP contribution is -2.39. The summed E-state index contributed by atoms with van der Waals surface area (Å²) in [5.41, 5.74) is 1.91. The van der Waals surface area contributed by atoms with Gasteiger partial charge in [0.05, 0.1) is 6.33 Å². The predicted octanol–water partition coefficient (Wildman–Crippen LogP) is 1.63. The molecule has 0 saturated carbocycles. The summed E-state index contributed by atoms with van der Waals surface area (Å²) in [6.07, 6.45) is 5.55.